The molecule has 3 fully saturated rings. The van der Waals surface area contributed by atoms with Crippen molar-refractivity contribution in [3.63, 3.8) is 0 Å². The fourth-order valence-electron chi connectivity index (χ4n) is 7.51. The summed E-state index contributed by atoms with van der Waals surface area (Å²) in [6, 6.07) is 8.39. The number of ether oxygens (including phenoxy) is 1. The van der Waals surface area contributed by atoms with E-state index in [-0.39, 0.29) is 41.8 Å². The SMILES string of the molecule is Cl.N#Cc1cc(C(=O)N[C@@H]2CC[C@@]3(O)[C@H]4Cc5ccc(O)c6c5[C@@]3(CCN4CC3CC3)[C@H]2O6)ccn1. The molecule has 188 valence electrons. The van der Waals surface area contributed by atoms with Gasteiger partial charge >= 0.3 is 0 Å². The summed E-state index contributed by atoms with van der Waals surface area (Å²) in [5.74, 6) is 0.996. The van der Waals surface area contributed by atoms with Crippen molar-refractivity contribution < 1.29 is 19.7 Å². The molecule has 0 radical (unpaired) electrons. The number of hydrogen-bond donors (Lipinski definition) is 3. The van der Waals surface area contributed by atoms with E-state index in [1.165, 1.54) is 25.1 Å². The third-order valence-electron chi connectivity index (χ3n) is 9.22. The molecular formula is C27H29ClN4O4. The Kier molecular flexibility index (Phi) is 5.28. The van der Waals surface area contributed by atoms with Crippen LogP contribution in [0, 0.1) is 17.2 Å². The van der Waals surface area contributed by atoms with Crippen molar-refractivity contribution in [2.45, 2.75) is 67.7 Å². The van der Waals surface area contributed by atoms with Crippen LogP contribution in [0.4, 0.5) is 0 Å². The highest BCUT2D eigenvalue weighted by atomic mass is 35.5. The van der Waals surface area contributed by atoms with Gasteiger partial charge < -0.3 is 20.3 Å². The number of phenols is 1. The number of amides is 1. The highest BCUT2D eigenvalue weighted by Crippen LogP contribution is 2.65. The number of likely N-dealkylation sites (tertiary alicyclic amines) is 1. The molecule has 36 heavy (non-hydrogen) atoms. The maximum absolute atomic E-state index is 13.2. The number of nitriles is 1. The van der Waals surface area contributed by atoms with E-state index in [2.05, 4.69) is 15.2 Å². The molecule has 3 N–H and O–H groups in total. The minimum Gasteiger partial charge on any atom is -0.504 e. The zero-order valence-corrected chi connectivity index (χ0v) is 20.6. The van der Waals surface area contributed by atoms with Crippen LogP contribution in [0.5, 0.6) is 11.5 Å². The first kappa shape index (κ1) is 23.5. The predicted octanol–water partition coefficient (Wildman–Crippen LogP) is 2.44. The van der Waals surface area contributed by atoms with Crippen LogP contribution in [0.1, 0.15) is 59.3 Å². The van der Waals surface area contributed by atoms with E-state index >= 15 is 0 Å². The largest absolute Gasteiger partial charge is 0.504 e. The molecule has 8 nitrogen and oxygen atoms in total. The third-order valence-corrected chi connectivity index (χ3v) is 9.22. The second-order valence-electron chi connectivity index (χ2n) is 11.0. The molecule has 1 aromatic heterocycles. The average molecular weight is 509 g/mol. The Morgan fingerprint density at radius 2 is 2.11 bits per heavy atom. The number of hydrogen-bond acceptors (Lipinski definition) is 7. The van der Waals surface area contributed by atoms with Gasteiger partial charge in [0.1, 0.15) is 17.9 Å². The van der Waals surface area contributed by atoms with Crippen molar-refractivity contribution in [2.24, 2.45) is 5.92 Å². The summed E-state index contributed by atoms with van der Waals surface area (Å²) >= 11 is 0. The third kappa shape index (κ3) is 3.06. The Morgan fingerprint density at radius 1 is 1.28 bits per heavy atom. The van der Waals surface area contributed by atoms with Crippen LogP contribution >= 0.6 is 12.4 Å². The molecule has 5 atom stereocenters. The predicted molar refractivity (Wildman–Crippen MR) is 132 cm³/mol. The van der Waals surface area contributed by atoms with Gasteiger partial charge in [0.2, 0.25) is 0 Å². The number of piperidine rings is 1. The van der Waals surface area contributed by atoms with Gasteiger partial charge in [-0.3, -0.25) is 9.69 Å². The quantitative estimate of drug-likeness (QED) is 0.580. The van der Waals surface area contributed by atoms with Crippen molar-refractivity contribution in [1.82, 2.24) is 15.2 Å². The summed E-state index contributed by atoms with van der Waals surface area (Å²) in [6.07, 6.45) is 6.11. The molecule has 2 saturated carbocycles. The van der Waals surface area contributed by atoms with Crippen LogP contribution in [0.2, 0.25) is 0 Å². The molecule has 1 amide bonds. The first-order chi connectivity index (χ1) is 16.9. The number of rotatable bonds is 4. The van der Waals surface area contributed by atoms with Gasteiger partial charge in [-0.1, -0.05) is 6.07 Å². The van der Waals surface area contributed by atoms with E-state index in [0.717, 1.165) is 43.0 Å². The Hall–Kier alpha value is -2.86. The Bertz CT molecular complexity index is 1290. The minimum absolute atomic E-state index is 0. The molecule has 2 aliphatic heterocycles. The van der Waals surface area contributed by atoms with Gasteiger partial charge in [0, 0.05) is 29.9 Å². The molecule has 0 unspecified atom stereocenters. The molecule has 3 aliphatic carbocycles. The summed E-state index contributed by atoms with van der Waals surface area (Å²) in [6.45, 7) is 1.90. The molecule has 1 aromatic carbocycles. The first-order valence-electron chi connectivity index (χ1n) is 12.6. The lowest BCUT2D eigenvalue weighted by molar-refractivity contribution is -0.191. The average Bonchev–Trinajstić information content (AvgIpc) is 3.61. The van der Waals surface area contributed by atoms with Crippen LogP contribution in [-0.4, -0.2) is 62.9 Å². The van der Waals surface area contributed by atoms with E-state index in [9.17, 15) is 15.0 Å². The van der Waals surface area contributed by atoms with Crippen molar-refractivity contribution in [3.05, 3.63) is 52.8 Å². The lowest BCUT2D eigenvalue weighted by atomic mass is 9.48. The van der Waals surface area contributed by atoms with Crippen LogP contribution in [0.15, 0.2) is 30.5 Å². The topological polar surface area (TPSA) is 119 Å². The molecule has 1 spiro atoms. The fraction of sp³-hybridized carbons (Fsp3) is 0.519. The molecule has 2 aromatic rings. The number of pyridine rings is 1. The molecule has 2 bridgehead atoms. The molecule has 1 saturated heterocycles. The van der Waals surface area contributed by atoms with Crippen molar-refractivity contribution in [1.29, 1.82) is 5.26 Å². The van der Waals surface area contributed by atoms with E-state index in [4.69, 9.17) is 10.00 Å². The molecular weight excluding hydrogens is 480 g/mol. The van der Waals surface area contributed by atoms with E-state index < -0.39 is 17.1 Å². The monoisotopic (exact) mass is 508 g/mol. The lowest BCUT2D eigenvalue weighted by Crippen LogP contribution is -2.78. The second-order valence-corrected chi connectivity index (χ2v) is 11.0. The van der Waals surface area contributed by atoms with E-state index in [0.29, 0.717) is 24.2 Å². The summed E-state index contributed by atoms with van der Waals surface area (Å²) < 4.78 is 6.49. The second kappa shape index (κ2) is 8.07. The van der Waals surface area contributed by atoms with Crippen molar-refractivity contribution in [2.75, 3.05) is 13.1 Å². The van der Waals surface area contributed by atoms with Crippen LogP contribution in [0.3, 0.4) is 0 Å². The zero-order chi connectivity index (χ0) is 23.9. The molecule has 5 aliphatic rings. The Labute approximate surface area is 215 Å². The van der Waals surface area contributed by atoms with Crippen LogP contribution < -0.4 is 10.1 Å². The van der Waals surface area contributed by atoms with E-state index in [1.54, 1.807) is 12.1 Å². The number of phenolic OH excluding ortho intramolecular Hbond substituents is 1. The smallest absolute Gasteiger partial charge is 0.251 e. The summed E-state index contributed by atoms with van der Waals surface area (Å²) in [4.78, 5) is 19.6. The fourth-order valence-corrected chi connectivity index (χ4v) is 7.51. The minimum atomic E-state index is -0.983. The number of aromatic nitrogens is 1. The zero-order valence-electron chi connectivity index (χ0n) is 19.8. The summed E-state index contributed by atoms with van der Waals surface area (Å²) in [5, 5.41) is 35.5. The van der Waals surface area contributed by atoms with Crippen molar-refractivity contribution in [3.8, 4) is 17.6 Å². The number of aromatic hydroxyl groups is 1. The Morgan fingerprint density at radius 3 is 2.89 bits per heavy atom. The number of halogens is 1. The first-order valence-corrected chi connectivity index (χ1v) is 12.6. The van der Waals surface area contributed by atoms with Gasteiger partial charge in [-0.25, -0.2) is 4.98 Å². The maximum Gasteiger partial charge on any atom is 0.251 e. The molecule has 3 heterocycles. The number of carbonyl (C=O) groups excluding carboxylic acids is 1. The maximum atomic E-state index is 13.2. The molecule has 9 heteroatoms. The van der Waals surface area contributed by atoms with Gasteiger partial charge in [-0.15, -0.1) is 12.4 Å². The normalized spacial score (nSPS) is 33.5. The van der Waals surface area contributed by atoms with Crippen molar-refractivity contribution >= 4 is 18.3 Å². The number of carbonyl (C=O) groups is 1. The lowest BCUT2D eigenvalue weighted by Gasteiger charge is -2.64. The number of benzene rings is 1. The standard InChI is InChI=1S/C27H28N4O4.ClH/c28-13-18-11-17(6-9-29-18)25(33)30-19-5-7-27(34)21-12-16-3-4-20(32)23-22(16)26(27,24(19)35-23)8-10-31(21)14-15-1-2-15;/h3-4,6,9,11,15,19,21,24,32,34H,1-2,5,7-8,10,12,14H2,(H,30,33);1H/t19-,21-,24+,26+,27-;/m1./s1. The number of aliphatic hydroxyl groups is 1. The van der Waals surface area contributed by atoms with Gasteiger partial charge in [0.25, 0.3) is 5.91 Å². The number of nitrogens with zero attached hydrogens (tertiary/aromatic N) is 3. The van der Waals surface area contributed by atoms with Crippen LogP contribution in [-0.2, 0) is 11.8 Å². The molecule has 7 rings (SSSR count). The van der Waals surface area contributed by atoms with Gasteiger partial charge in [0.05, 0.1) is 17.1 Å². The summed E-state index contributed by atoms with van der Waals surface area (Å²) in [5.41, 5.74) is 0.979. The highest BCUT2D eigenvalue weighted by molar-refractivity contribution is 5.94. The summed E-state index contributed by atoms with van der Waals surface area (Å²) in [7, 11) is 0. The van der Waals surface area contributed by atoms with Crippen LogP contribution in [0.25, 0.3) is 0 Å². The highest BCUT2D eigenvalue weighted by Gasteiger charge is 2.73. The number of nitrogens with one attached hydrogen (secondary N) is 1. The van der Waals surface area contributed by atoms with Gasteiger partial charge in [-0.05, 0) is 74.8 Å². The Balaban J connectivity index is 0.00000240. The van der Waals surface area contributed by atoms with Gasteiger partial charge in [0.15, 0.2) is 11.5 Å². The van der Waals surface area contributed by atoms with Gasteiger partial charge in [-0.2, -0.15) is 5.26 Å². The van der Waals surface area contributed by atoms with E-state index in [1.807, 2.05) is 12.1 Å².